The second-order valence-corrected chi connectivity index (χ2v) is 8.38. The van der Waals surface area contributed by atoms with Gasteiger partial charge in [-0.05, 0) is 61.9 Å². The van der Waals surface area contributed by atoms with Crippen molar-refractivity contribution in [2.24, 2.45) is 0 Å². The molecule has 0 spiro atoms. The molecule has 5 rings (SSSR count). The van der Waals surface area contributed by atoms with E-state index in [0.717, 1.165) is 52.8 Å². The number of aliphatic hydroxyl groups is 2. The molecule has 3 aromatic rings. The van der Waals surface area contributed by atoms with Crippen LogP contribution >= 0.6 is 0 Å². The van der Waals surface area contributed by atoms with Gasteiger partial charge in [0.2, 0.25) is 5.91 Å². The highest BCUT2D eigenvalue weighted by molar-refractivity contribution is 6.10. The molecule has 1 atom stereocenters. The summed E-state index contributed by atoms with van der Waals surface area (Å²) in [5, 5.41) is 27.7. The normalized spacial score (nSPS) is 18.7. The van der Waals surface area contributed by atoms with E-state index in [9.17, 15) is 15.0 Å². The number of hydrogen-bond acceptors (Lipinski definition) is 4. The summed E-state index contributed by atoms with van der Waals surface area (Å²) in [6.45, 7) is 3.53. The number of amides is 1. The minimum atomic E-state index is -0.962. The molecule has 0 saturated carbocycles. The Labute approximate surface area is 162 Å². The number of nitrogens with one attached hydrogen (secondary N) is 2. The molecule has 1 unspecified atom stereocenters. The molecule has 1 amide bonds. The van der Waals surface area contributed by atoms with Gasteiger partial charge in [-0.2, -0.15) is 5.10 Å². The Kier molecular flexibility index (Phi) is 3.70. The number of carbonyl (C=O) groups is 1. The molecular weight excluding hydrogens is 356 g/mol. The van der Waals surface area contributed by atoms with Crippen LogP contribution in [-0.4, -0.2) is 50.6 Å². The molecule has 0 fully saturated rings. The first kappa shape index (κ1) is 17.5. The van der Waals surface area contributed by atoms with Crippen molar-refractivity contribution >= 4 is 22.5 Å². The predicted molar refractivity (Wildman–Crippen MR) is 106 cm³/mol. The minimum absolute atomic E-state index is 0.0525. The molecule has 2 aromatic heterocycles. The van der Waals surface area contributed by atoms with Crippen LogP contribution in [-0.2, 0) is 23.1 Å². The van der Waals surface area contributed by atoms with Gasteiger partial charge in [-0.3, -0.25) is 9.89 Å². The second kappa shape index (κ2) is 5.93. The number of aromatic amines is 2. The number of rotatable bonds is 3. The number of hydrogen-bond donors (Lipinski definition) is 4. The summed E-state index contributed by atoms with van der Waals surface area (Å²) in [4.78, 5) is 18.2. The number of nitrogens with zero attached hydrogens (tertiary/aromatic N) is 2. The van der Waals surface area contributed by atoms with Gasteiger partial charge in [0.25, 0.3) is 0 Å². The third-order valence-corrected chi connectivity index (χ3v) is 6.20. The van der Waals surface area contributed by atoms with Crippen LogP contribution in [0.1, 0.15) is 37.0 Å². The van der Waals surface area contributed by atoms with E-state index in [4.69, 9.17) is 0 Å². The highest BCUT2D eigenvalue weighted by atomic mass is 16.3. The van der Waals surface area contributed by atoms with Crippen LogP contribution in [0.3, 0.4) is 0 Å². The summed E-state index contributed by atoms with van der Waals surface area (Å²) in [5.74, 6) is -0.0525. The predicted octanol–water partition coefficient (Wildman–Crippen LogP) is 2.02. The van der Waals surface area contributed by atoms with Crippen LogP contribution in [0.4, 0.5) is 5.69 Å². The number of carbonyl (C=O) groups excluding carboxylic acids is 1. The number of benzene rings is 1. The summed E-state index contributed by atoms with van der Waals surface area (Å²) in [6.07, 6.45) is 3.98. The van der Waals surface area contributed by atoms with Gasteiger partial charge in [0, 0.05) is 22.8 Å². The Balaban J connectivity index is 1.72. The molecule has 1 aliphatic heterocycles. The van der Waals surface area contributed by atoms with Crippen LogP contribution in [0.15, 0.2) is 18.3 Å². The minimum Gasteiger partial charge on any atom is -0.394 e. The van der Waals surface area contributed by atoms with E-state index in [-0.39, 0.29) is 19.1 Å². The molecule has 7 nitrogen and oxygen atoms in total. The van der Waals surface area contributed by atoms with E-state index in [2.05, 4.69) is 27.3 Å². The van der Waals surface area contributed by atoms with Crippen LogP contribution in [0.5, 0.6) is 0 Å². The Morgan fingerprint density at radius 1 is 1.32 bits per heavy atom. The van der Waals surface area contributed by atoms with Crippen molar-refractivity contribution in [3.05, 3.63) is 35.0 Å². The number of H-pyrrole nitrogens is 2. The maximum Gasteiger partial charge on any atom is 0.237 e. The first-order valence-electron chi connectivity index (χ1n) is 9.74. The molecule has 7 heteroatoms. The molecule has 28 heavy (non-hydrogen) atoms. The fourth-order valence-corrected chi connectivity index (χ4v) is 4.66. The lowest BCUT2D eigenvalue weighted by molar-refractivity contribution is -0.122. The summed E-state index contributed by atoms with van der Waals surface area (Å²) in [6, 6.07) is 4.13. The highest BCUT2D eigenvalue weighted by Gasteiger charge is 2.44. The van der Waals surface area contributed by atoms with Gasteiger partial charge in [0.15, 0.2) is 0 Å². The number of anilines is 1. The Morgan fingerprint density at radius 2 is 2.14 bits per heavy atom. The smallest absolute Gasteiger partial charge is 0.237 e. The van der Waals surface area contributed by atoms with Crippen molar-refractivity contribution in [3.8, 4) is 11.4 Å². The van der Waals surface area contributed by atoms with Gasteiger partial charge in [-0.25, -0.2) is 0 Å². The lowest BCUT2D eigenvalue weighted by atomic mass is 9.85. The quantitative estimate of drug-likeness (QED) is 0.558. The van der Waals surface area contributed by atoms with Gasteiger partial charge < -0.3 is 20.1 Å². The Bertz CT molecular complexity index is 1090. The van der Waals surface area contributed by atoms with E-state index in [1.165, 1.54) is 11.1 Å². The lowest BCUT2D eigenvalue weighted by Gasteiger charge is -2.22. The first-order valence-corrected chi connectivity index (χ1v) is 9.74. The molecule has 2 aliphatic rings. The molecular formula is C21H24N4O3. The molecule has 1 aliphatic carbocycles. The maximum atomic E-state index is 13.0. The lowest BCUT2D eigenvalue weighted by Crippen LogP contribution is -2.41. The molecule has 4 N–H and O–H groups in total. The Morgan fingerprint density at radius 3 is 2.93 bits per heavy atom. The largest absolute Gasteiger partial charge is 0.394 e. The van der Waals surface area contributed by atoms with Crippen LogP contribution < -0.4 is 4.90 Å². The molecule has 0 bridgehead atoms. The molecule has 1 aromatic carbocycles. The van der Waals surface area contributed by atoms with Crippen molar-refractivity contribution in [2.45, 2.75) is 44.6 Å². The van der Waals surface area contributed by atoms with Crippen LogP contribution in [0.25, 0.3) is 22.3 Å². The van der Waals surface area contributed by atoms with Crippen LogP contribution in [0.2, 0.25) is 0 Å². The third kappa shape index (κ3) is 2.29. The SMILES string of the molecule is CC1(C)C(=O)N(CC(O)CO)c2cc3c4c([nH]c3cc21)-c1n[nH]cc1CCC4. The van der Waals surface area contributed by atoms with E-state index >= 15 is 0 Å². The van der Waals surface area contributed by atoms with Gasteiger partial charge in [0.1, 0.15) is 5.69 Å². The number of fused-ring (bicyclic) bond motifs is 6. The molecule has 0 radical (unpaired) electrons. The average Bonchev–Trinajstić information content (AvgIpc) is 3.29. The van der Waals surface area contributed by atoms with Gasteiger partial charge in [-0.15, -0.1) is 0 Å². The zero-order valence-electron chi connectivity index (χ0n) is 16.0. The summed E-state index contributed by atoms with van der Waals surface area (Å²) in [7, 11) is 0. The standard InChI is InChI=1S/C21H24N4O3/c1-21(2)15-7-16-14(6-17(15)25(20(21)28)9-12(27)10-26)13-5-3-4-11-8-22-24-18(11)19(13)23-16/h6-8,12,23,26-27H,3-5,9-10H2,1-2H3,(H,22,24). The number of aliphatic hydroxyl groups excluding tert-OH is 2. The van der Waals surface area contributed by atoms with Crippen molar-refractivity contribution in [3.63, 3.8) is 0 Å². The fraction of sp³-hybridized carbons (Fsp3) is 0.429. The summed E-state index contributed by atoms with van der Waals surface area (Å²) in [5.41, 5.74) is 6.57. The van der Waals surface area contributed by atoms with E-state index < -0.39 is 11.5 Å². The average molecular weight is 380 g/mol. The third-order valence-electron chi connectivity index (χ3n) is 6.20. The molecule has 3 heterocycles. The zero-order chi connectivity index (χ0) is 19.6. The fourth-order valence-electron chi connectivity index (χ4n) is 4.66. The van der Waals surface area contributed by atoms with Gasteiger partial charge in [0.05, 0.1) is 30.4 Å². The van der Waals surface area contributed by atoms with Crippen molar-refractivity contribution in [2.75, 3.05) is 18.1 Å². The monoisotopic (exact) mass is 380 g/mol. The maximum absolute atomic E-state index is 13.0. The summed E-state index contributed by atoms with van der Waals surface area (Å²) < 4.78 is 0. The second-order valence-electron chi connectivity index (χ2n) is 8.38. The number of aryl methyl sites for hydroxylation is 2. The number of aromatic nitrogens is 3. The highest BCUT2D eigenvalue weighted by Crippen LogP contribution is 2.46. The van der Waals surface area contributed by atoms with Crippen molar-refractivity contribution < 1.29 is 15.0 Å². The summed E-state index contributed by atoms with van der Waals surface area (Å²) >= 11 is 0. The van der Waals surface area contributed by atoms with Gasteiger partial charge in [-0.1, -0.05) is 0 Å². The van der Waals surface area contributed by atoms with E-state index in [1.54, 1.807) is 4.90 Å². The number of β-amino-alcohol motifs (C(OH)–C–C–N with tert-alkyl or cyclic N) is 1. The molecule has 0 saturated heterocycles. The molecule has 146 valence electrons. The van der Waals surface area contributed by atoms with E-state index in [1.807, 2.05) is 20.0 Å². The van der Waals surface area contributed by atoms with Crippen LogP contribution in [0, 0.1) is 0 Å². The Hall–Kier alpha value is -2.64. The van der Waals surface area contributed by atoms with Crippen molar-refractivity contribution in [1.82, 2.24) is 15.2 Å². The van der Waals surface area contributed by atoms with Crippen molar-refractivity contribution in [1.29, 1.82) is 0 Å². The van der Waals surface area contributed by atoms with Gasteiger partial charge >= 0.3 is 0 Å². The van der Waals surface area contributed by atoms with E-state index in [0.29, 0.717) is 0 Å². The first-order chi connectivity index (χ1) is 13.4. The zero-order valence-corrected chi connectivity index (χ0v) is 16.0. The topological polar surface area (TPSA) is 105 Å².